The van der Waals surface area contributed by atoms with E-state index in [0.717, 1.165) is 83.2 Å². The van der Waals surface area contributed by atoms with Crippen LogP contribution in [0.25, 0.3) is 88.0 Å². The standard InChI is InChI=1S/C52H33NO2/c1-2-10-34(11-3-1)38-25-31-46-47-17-9-18-48(52(47)55-51(46)33-38)53(41-28-22-37(23-29-41)43-16-8-13-36-12-4-5-14-42(36)43)40-26-20-35(21-27-40)39-24-30-45-44-15-6-7-19-49(44)54-50(45)32-39/h1-33H. The lowest BCUT2D eigenvalue weighted by Crippen LogP contribution is -2.10. The third kappa shape index (κ3) is 5.28. The molecule has 0 amide bonds. The van der Waals surface area contributed by atoms with E-state index in [1.165, 1.54) is 21.9 Å². The van der Waals surface area contributed by atoms with Crippen molar-refractivity contribution in [1.29, 1.82) is 0 Å². The number of fused-ring (bicyclic) bond motifs is 7. The van der Waals surface area contributed by atoms with E-state index >= 15 is 0 Å². The Morgan fingerprint density at radius 2 is 0.836 bits per heavy atom. The number of furan rings is 2. The van der Waals surface area contributed by atoms with Gasteiger partial charge >= 0.3 is 0 Å². The van der Waals surface area contributed by atoms with Gasteiger partial charge in [-0.05, 0) is 105 Å². The summed E-state index contributed by atoms with van der Waals surface area (Å²) in [7, 11) is 0. The highest BCUT2D eigenvalue weighted by molar-refractivity contribution is 6.11. The lowest BCUT2D eigenvalue weighted by Gasteiger charge is -2.26. The maximum absolute atomic E-state index is 6.82. The van der Waals surface area contributed by atoms with E-state index in [2.05, 4.69) is 187 Å². The largest absolute Gasteiger partial charge is 0.456 e. The van der Waals surface area contributed by atoms with E-state index in [1.807, 2.05) is 18.2 Å². The summed E-state index contributed by atoms with van der Waals surface area (Å²) in [5.41, 5.74) is 13.5. The van der Waals surface area contributed by atoms with Crippen molar-refractivity contribution in [3.05, 3.63) is 200 Å². The van der Waals surface area contributed by atoms with Crippen LogP contribution in [-0.2, 0) is 0 Å². The summed E-state index contributed by atoms with van der Waals surface area (Å²) < 4.78 is 13.1. The Morgan fingerprint density at radius 3 is 1.60 bits per heavy atom. The third-order valence-electron chi connectivity index (χ3n) is 10.9. The molecule has 0 unspecified atom stereocenters. The molecule has 9 aromatic carbocycles. The minimum atomic E-state index is 0.847. The summed E-state index contributed by atoms with van der Waals surface area (Å²) >= 11 is 0. The summed E-state index contributed by atoms with van der Waals surface area (Å²) in [4.78, 5) is 2.31. The summed E-state index contributed by atoms with van der Waals surface area (Å²) in [6, 6.07) is 70.9. The molecule has 11 aromatic rings. The van der Waals surface area contributed by atoms with Crippen molar-refractivity contribution < 1.29 is 8.83 Å². The minimum absolute atomic E-state index is 0.847. The molecule has 0 aliphatic carbocycles. The molecular formula is C52H33NO2. The average molecular weight is 704 g/mol. The van der Waals surface area contributed by atoms with E-state index in [9.17, 15) is 0 Å². The summed E-state index contributed by atoms with van der Waals surface area (Å²) in [5, 5.41) is 6.92. The zero-order chi connectivity index (χ0) is 36.3. The van der Waals surface area contributed by atoms with Gasteiger partial charge in [0.2, 0.25) is 0 Å². The molecule has 0 aliphatic rings. The Balaban J connectivity index is 1.04. The molecule has 2 aromatic heterocycles. The number of nitrogens with zero attached hydrogens (tertiary/aromatic N) is 1. The molecule has 0 atom stereocenters. The zero-order valence-corrected chi connectivity index (χ0v) is 29.8. The van der Waals surface area contributed by atoms with Gasteiger partial charge in [-0.25, -0.2) is 0 Å². The van der Waals surface area contributed by atoms with Gasteiger partial charge < -0.3 is 13.7 Å². The van der Waals surface area contributed by atoms with Crippen molar-refractivity contribution in [2.45, 2.75) is 0 Å². The number of rotatable bonds is 6. The molecule has 258 valence electrons. The van der Waals surface area contributed by atoms with Crippen LogP contribution in [-0.4, -0.2) is 0 Å². The Hall–Kier alpha value is -7.36. The third-order valence-corrected chi connectivity index (χ3v) is 10.9. The van der Waals surface area contributed by atoms with Gasteiger partial charge in [-0.15, -0.1) is 0 Å². The Kier molecular flexibility index (Phi) is 7.17. The van der Waals surface area contributed by atoms with Gasteiger partial charge in [0.15, 0.2) is 5.58 Å². The van der Waals surface area contributed by atoms with Crippen LogP contribution in [0.4, 0.5) is 17.1 Å². The highest BCUT2D eigenvalue weighted by atomic mass is 16.3. The highest BCUT2D eigenvalue weighted by Crippen LogP contribution is 2.44. The summed E-state index contributed by atoms with van der Waals surface area (Å²) in [6.45, 7) is 0. The molecule has 55 heavy (non-hydrogen) atoms. The Morgan fingerprint density at radius 1 is 0.309 bits per heavy atom. The lowest BCUT2D eigenvalue weighted by atomic mass is 9.98. The second kappa shape index (κ2) is 12.6. The average Bonchev–Trinajstić information content (AvgIpc) is 3.82. The van der Waals surface area contributed by atoms with E-state index in [1.54, 1.807) is 0 Å². The van der Waals surface area contributed by atoms with Gasteiger partial charge in [0.1, 0.15) is 16.7 Å². The molecule has 3 nitrogen and oxygen atoms in total. The molecular weight excluding hydrogens is 671 g/mol. The number of para-hydroxylation sites is 2. The summed E-state index contributed by atoms with van der Waals surface area (Å²) in [6.07, 6.45) is 0. The van der Waals surface area contributed by atoms with Crippen LogP contribution in [0.15, 0.2) is 209 Å². The van der Waals surface area contributed by atoms with Crippen LogP contribution in [0.2, 0.25) is 0 Å². The molecule has 0 saturated heterocycles. The van der Waals surface area contributed by atoms with Crippen molar-refractivity contribution >= 4 is 71.7 Å². The highest BCUT2D eigenvalue weighted by Gasteiger charge is 2.20. The molecule has 0 fully saturated rings. The number of anilines is 3. The van der Waals surface area contributed by atoms with Gasteiger partial charge in [-0.3, -0.25) is 0 Å². The SMILES string of the molecule is c1ccc(-c2ccc3c(c2)oc2c(N(c4ccc(-c5ccc6c(c5)oc5ccccc56)cc4)c4ccc(-c5cccc6ccccc56)cc4)cccc23)cc1. The fourth-order valence-corrected chi connectivity index (χ4v) is 8.17. The molecule has 0 aliphatic heterocycles. The second-order valence-corrected chi connectivity index (χ2v) is 14.1. The van der Waals surface area contributed by atoms with Crippen LogP contribution in [0.3, 0.4) is 0 Å². The first-order chi connectivity index (χ1) is 27.2. The smallest absolute Gasteiger partial charge is 0.159 e. The van der Waals surface area contributed by atoms with Crippen molar-refractivity contribution in [2.75, 3.05) is 4.90 Å². The van der Waals surface area contributed by atoms with Gasteiger partial charge in [0.05, 0.1) is 5.69 Å². The molecule has 0 bridgehead atoms. The van der Waals surface area contributed by atoms with Crippen molar-refractivity contribution in [3.8, 4) is 33.4 Å². The quantitative estimate of drug-likeness (QED) is 0.173. The maximum Gasteiger partial charge on any atom is 0.159 e. The van der Waals surface area contributed by atoms with Crippen LogP contribution in [0, 0.1) is 0 Å². The normalized spacial score (nSPS) is 11.6. The predicted octanol–water partition coefficient (Wildman–Crippen LogP) is 15.1. The number of hydrogen-bond acceptors (Lipinski definition) is 3. The van der Waals surface area contributed by atoms with Crippen LogP contribution >= 0.6 is 0 Å². The predicted molar refractivity (Wildman–Crippen MR) is 229 cm³/mol. The molecule has 3 heteroatoms. The topological polar surface area (TPSA) is 29.5 Å². The fraction of sp³-hybridized carbons (Fsp3) is 0. The van der Waals surface area contributed by atoms with E-state index in [0.29, 0.717) is 0 Å². The van der Waals surface area contributed by atoms with Crippen LogP contribution in [0.5, 0.6) is 0 Å². The van der Waals surface area contributed by atoms with E-state index < -0.39 is 0 Å². The van der Waals surface area contributed by atoms with Crippen LogP contribution < -0.4 is 4.90 Å². The van der Waals surface area contributed by atoms with Crippen molar-refractivity contribution in [1.82, 2.24) is 0 Å². The van der Waals surface area contributed by atoms with Crippen molar-refractivity contribution in [3.63, 3.8) is 0 Å². The number of hydrogen-bond donors (Lipinski definition) is 0. The molecule has 0 saturated carbocycles. The second-order valence-electron chi connectivity index (χ2n) is 14.1. The van der Waals surface area contributed by atoms with Gasteiger partial charge in [0.25, 0.3) is 0 Å². The first-order valence-electron chi connectivity index (χ1n) is 18.7. The molecule has 0 N–H and O–H groups in total. The van der Waals surface area contributed by atoms with E-state index in [4.69, 9.17) is 8.83 Å². The molecule has 2 heterocycles. The Labute approximate surface area is 317 Å². The lowest BCUT2D eigenvalue weighted by molar-refractivity contribution is 0.668. The molecule has 11 rings (SSSR count). The van der Waals surface area contributed by atoms with Crippen LogP contribution in [0.1, 0.15) is 0 Å². The zero-order valence-electron chi connectivity index (χ0n) is 29.8. The van der Waals surface area contributed by atoms with Crippen molar-refractivity contribution in [2.24, 2.45) is 0 Å². The summed E-state index contributed by atoms with van der Waals surface area (Å²) in [5.74, 6) is 0. The first-order valence-corrected chi connectivity index (χ1v) is 18.7. The van der Waals surface area contributed by atoms with Gasteiger partial charge in [-0.2, -0.15) is 0 Å². The monoisotopic (exact) mass is 703 g/mol. The number of benzene rings is 9. The maximum atomic E-state index is 6.82. The fourth-order valence-electron chi connectivity index (χ4n) is 8.17. The molecule has 0 radical (unpaired) electrons. The van der Waals surface area contributed by atoms with Gasteiger partial charge in [0, 0.05) is 32.9 Å². The molecule has 0 spiro atoms. The Bertz CT molecular complexity index is 3180. The van der Waals surface area contributed by atoms with Gasteiger partial charge in [-0.1, -0.05) is 140 Å². The minimum Gasteiger partial charge on any atom is -0.456 e. The van der Waals surface area contributed by atoms with E-state index in [-0.39, 0.29) is 0 Å². The first kappa shape index (κ1) is 31.2.